The van der Waals surface area contributed by atoms with Gasteiger partial charge >= 0.3 is 0 Å². The lowest BCUT2D eigenvalue weighted by molar-refractivity contribution is -0.119. The summed E-state index contributed by atoms with van der Waals surface area (Å²) in [5.41, 5.74) is 1.76. The molecule has 0 spiro atoms. The van der Waals surface area contributed by atoms with Crippen LogP contribution in [0.15, 0.2) is 66.7 Å². The zero-order chi connectivity index (χ0) is 17.6. The Labute approximate surface area is 151 Å². The van der Waals surface area contributed by atoms with Crippen LogP contribution >= 0.6 is 12.2 Å². The molecule has 0 aliphatic rings. The highest BCUT2D eigenvalue weighted by molar-refractivity contribution is 7.80. The lowest BCUT2D eigenvalue weighted by Gasteiger charge is -2.11. The highest BCUT2D eigenvalue weighted by atomic mass is 32.1. The van der Waals surface area contributed by atoms with E-state index in [2.05, 4.69) is 10.6 Å². The number of rotatable bonds is 4. The maximum atomic E-state index is 12.3. The molecule has 1 amide bonds. The van der Waals surface area contributed by atoms with Crippen LogP contribution in [-0.4, -0.2) is 18.1 Å². The number of hydrogen-bond acceptors (Lipinski definition) is 3. The van der Waals surface area contributed by atoms with Gasteiger partial charge in [-0.15, -0.1) is 0 Å². The number of methoxy groups -OCH3 is 1. The van der Waals surface area contributed by atoms with Crippen LogP contribution in [-0.2, 0) is 11.2 Å². The Morgan fingerprint density at radius 1 is 1.00 bits per heavy atom. The Bertz CT molecular complexity index is 902. The predicted octanol–water partition coefficient (Wildman–Crippen LogP) is 3.90. The number of hydrogen-bond donors (Lipinski definition) is 2. The third-order valence-electron chi connectivity index (χ3n) is 3.83. The van der Waals surface area contributed by atoms with E-state index in [4.69, 9.17) is 17.0 Å². The van der Waals surface area contributed by atoms with Crippen LogP contribution in [0.2, 0.25) is 0 Å². The number of benzene rings is 3. The van der Waals surface area contributed by atoms with E-state index < -0.39 is 0 Å². The number of amides is 1. The maximum absolute atomic E-state index is 12.3. The van der Waals surface area contributed by atoms with Gasteiger partial charge in [-0.2, -0.15) is 0 Å². The molecule has 0 aromatic heterocycles. The molecule has 0 bridgehead atoms. The SMILES string of the molecule is COc1ccc(NC(=S)NC(=O)Cc2cccc3ccccc23)cc1. The van der Waals surface area contributed by atoms with Crippen LogP contribution in [0.1, 0.15) is 5.56 Å². The normalized spacial score (nSPS) is 10.3. The lowest BCUT2D eigenvalue weighted by atomic mass is 10.0. The summed E-state index contributed by atoms with van der Waals surface area (Å²) in [7, 11) is 1.61. The van der Waals surface area contributed by atoms with E-state index in [9.17, 15) is 4.79 Å². The number of nitrogens with one attached hydrogen (secondary N) is 2. The van der Waals surface area contributed by atoms with E-state index in [1.165, 1.54) is 0 Å². The Kier molecular flexibility index (Phi) is 5.26. The van der Waals surface area contributed by atoms with Crippen LogP contribution < -0.4 is 15.4 Å². The van der Waals surface area contributed by atoms with Crippen molar-refractivity contribution in [3.63, 3.8) is 0 Å². The van der Waals surface area contributed by atoms with Gasteiger partial charge < -0.3 is 15.4 Å². The summed E-state index contributed by atoms with van der Waals surface area (Å²) in [6.45, 7) is 0. The minimum atomic E-state index is -0.151. The van der Waals surface area contributed by atoms with Gasteiger partial charge in [0.1, 0.15) is 5.75 Å². The molecule has 0 aliphatic carbocycles. The second kappa shape index (κ2) is 7.77. The number of anilines is 1. The van der Waals surface area contributed by atoms with Crippen molar-refractivity contribution in [1.29, 1.82) is 0 Å². The Hall–Kier alpha value is -2.92. The lowest BCUT2D eigenvalue weighted by Crippen LogP contribution is -2.35. The molecular weight excluding hydrogens is 332 g/mol. The van der Waals surface area contributed by atoms with E-state index in [1.54, 1.807) is 7.11 Å². The van der Waals surface area contributed by atoms with E-state index in [-0.39, 0.29) is 17.4 Å². The molecule has 2 N–H and O–H groups in total. The van der Waals surface area contributed by atoms with Crippen molar-refractivity contribution in [3.05, 3.63) is 72.3 Å². The van der Waals surface area contributed by atoms with E-state index in [0.29, 0.717) is 0 Å². The molecule has 25 heavy (non-hydrogen) atoms. The standard InChI is InChI=1S/C20H18N2O2S/c1-24-17-11-9-16(10-12-17)21-20(25)22-19(23)13-15-7-4-6-14-5-2-3-8-18(14)15/h2-12H,13H2,1H3,(H2,21,22,23,25). The third kappa shape index (κ3) is 4.33. The molecule has 0 saturated heterocycles. The fourth-order valence-electron chi connectivity index (χ4n) is 2.63. The van der Waals surface area contributed by atoms with Gasteiger partial charge in [-0.1, -0.05) is 42.5 Å². The zero-order valence-corrected chi connectivity index (χ0v) is 14.6. The summed E-state index contributed by atoms with van der Waals surface area (Å²) in [5.74, 6) is 0.610. The van der Waals surface area contributed by atoms with Crippen LogP contribution in [0.3, 0.4) is 0 Å². The first kappa shape index (κ1) is 16.9. The van der Waals surface area contributed by atoms with Gasteiger partial charge in [0.2, 0.25) is 5.91 Å². The largest absolute Gasteiger partial charge is 0.497 e. The molecule has 0 fully saturated rings. The second-order valence-electron chi connectivity index (χ2n) is 5.55. The van der Waals surface area contributed by atoms with Crippen LogP contribution in [0.25, 0.3) is 10.8 Å². The van der Waals surface area contributed by atoms with Gasteiger partial charge in [0.05, 0.1) is 13.5 Å². The van der Waals surface area contributed by atoms with Crippen LogP contribution in [0, 0.1) is 0 Å². The summed E-state index contributed by atoms with van der Waals surface area (Å²) in [5, 5.41) is 8.18. The molecule has 0 radical (unpaired) electrons. The number of fused-ring (bicyclic) bond motifs is 1. The minimum Gasteiger partial charge on any atom is -0.497 e. The monoisotopic (exact) mass is 350 g/mol. The molecule has 0 aliphatic heterocycles. The Balaban J connectivity index is 1.62. The molecule has 5 heteroatoms. The van der Waals surface area contributed by atoms with Crippen molar-refractivity contribution in [3.8, 4) is 5.75 Å². The molecule has 0 atom stereocenters. The van der Waals surface area contributed by atoms with Crippen molar-refractivity contribution < 1.29 is 9.53 Å². The van der Waals surface area contributed by atoms with Gasteiger partial charge in [0.25, 0.3) is 0 Å². The average Bonchev–Trinajstić information content (AvgIpc) is 2.62. The van der Waals surface area contributed by atoms with Crippen LogP contribution in [0.5, 0.6) is 5.75 Å². The first-order valence-corrected chi connectivity index (χ1v) is 8.28. The zero-order valence-electron chi connectivity index (χ0n) is 13.8. The molecule has 3 aromatic rings. The van der Waals surface area contributed by atoms with Crippen molar-refractivity contribution >= 4 is 39.7 Å². The highest BCUT2D eigenvalue weighted by Gasteiger charge is 2.09. The maximum Gasteiger partial charge on any atom is 0.230 e. The van der Waals surface area contributed by atoms with Gasteiger partial charge in [0.15, 0.2) is 5.11 Å². The topological polar surface area (TPSA) is 50.4 Å². The van der Waals surface area contributed by atoms with Gasteiger partial charge in [-0.25, -0.2) is 0 Å². The van der Waals surface area contributed by atoms with Gasteiger partial charge in [-0.05, 0) is 52.8 Å². The van der Waals surface area contributed by atoms with E-state index in [1.807, 2.05) is 66.7 Å². The number of carbonyl (C=O) groups excluding carboxylic acids is 1. The summed E-state index contributed by atoms with van der Waals surface area (Å²) in [4.78, 5) is 12.3. The molecule has 3 rings (SSSR count). The molecule has 0 saturated carbocycles. The number of ether oxygens (including phenoxy) is 1. The molecule has 0 unspecified atom stereocenters. The highest BCUT2D eigenvalue weighted by Crippen LogP contribution is 2.19. The minimum absolute atomic E-state index is 0.151. The van der Waals surface area contributed by atoms with Gasteiger partial charge in [0, 0.05) is 5.69 Å². The number of thiocarbonyl (C=S) groups is 1. The molecule has 3 aromatic carbocycles. The molecule has 126 valence electrons. The number of carbonyl (C=O) groups is 1. The van der Waals surface area contributed by atoms with Crippen LogP contribution in [0.4, 0.5) is 5.69 Å². The quantitative estimate of drug-likeness (QED) is 0.701. The predicted molar refractivity (Wildman–Crippen MR) is 105 cm³/mol. The molecular formula is C20H18N2O2S. The smallest absolute Gasteiger partial charge is 0.230 e. The first-order valence-electron chi connectivity index (χ1n) is 7.87. The van der Waals surface area contributed by atoms with Crippen molar-refractivity contribution in [2.45, 2.75) is 6.42 Å². The Morgan fingerprint density at radius 2 is 1.72 bits per heavy atom. The average molecular weight is 350 g/mol. The van der Waals surface area contributed by atoms with Crippen molar-refractivity contribution in [2.75, 3.05) is 12.4 Å². The molecule has 0 heterocycles. The second-order valence-corrected chi connectivity index (χ2v) is 5.95. The summed E-state index contributed by atoms with van der Waals surface area (Å²) in [6, 6.07) is 21.3. The fraction of sp³-hybridized carbons (Fsp3) is 0.100. The summed E-state index contributed by atoms with van der Waals surface area (Å²) >= 11 is 5.21. The fourth-order valence-corrected chi connectivity index (χ4v) is 2.86. The first-order chi connectivity index (χ1) is 12.2. The summed E-state index contributed by atoms with van der Waals surface area (Å²) < 4.78 is 5.11. The van der Waals surface area contributed by atoms with E-state index >= 15 is 0 Å². The summed E-state index contributed by atoms with van der Waals surface area (Å²) in [6.07, 6.45) is 0.270. The van der Waals surface area contributed by atoms with E-state index in [0.717, 1.165) is 27.8 Å². The third-order valence-corrected chi connectivity index (χ3v) is 4.04. The Morgan fingerprint density at radius 3 is 2.48 bits per heavy atom. The van der Waals surface area contributed by atoms with Crippen molar-refractivity contribution in [1.82, 2.24) is 5.32 Å². The van der Waals surface area contributed by atoms with Crippen molar-refractivity contribution in [2.24, 2.45) is 0 Å². The molecule has 4 nitrogen and oxygen atoms in total. The van der Waals surface area contributed by atoms with Gasteiger partial charge in [-0.3, -0.25) is 4.79 Å².